The fourth-order valence-electron chi connectivity index (χ4n) is 3.71. The molecule has 29 heavy (non-hydrogen) atoms. The summed E-state index contributed by atoms with van der Waals surface area (Å²) in [6.45, 7) is 0.499. The van der Waals surface area contributed by atoms with Crippen LogP contribution in [0.2, 0.25) is 0 Å². The van der Waals surface area contributed by atoms with Gasteiger partial charge in [0.25, 0.3) is 0 Å². The fraction of sp³-hybridized carbons (Fsp3) is 0.619. The van der Waals surface area contributed by atoms with Gasteiger partial charge in [-0.25, -0.2) is 0 Å². The van der Waals surface area contributed by atoms with Gasteiger partial charge >= 0.3 is 12.6 Å². The van der Waals surface area contributed by atoms with E-state index in [1.807, 2.05) is 4.90 Å². The monoisotopic (exact) mass is 408 g/mol. The normalized spacial score (nSPS) is 19.3. The molecular weight excluding hydrogens is 382 g/mol. The van der Waals surface area contributed by atoms with Crippen LogP contribution in [-0.2, 0) is 14.9 Å². The maximum Gasteiger partial charge on any atom is 0.387 e. The van der Waals surface area contributed by atoms with E-state index in [-0.39, 0.29) is 30.1 Å². The zero-order chi connectivity index (χ0) is 20.9. The van der Waals surface area contributed by atoms with Crippen LogP contribution in [0.3, 0.4) is 0 Å². The number of esters is 1. The van der Waals surface area contributed by atoms with E-state index in [1.165, 1.54) is 6.07 Å². The highest BCUT2D eigenvalue weighted by molar-refractivity contribution is 5.71. The molecule has 1 aliphatic heterocycles. The van der Waals surface area contributed by atoms with Gasteiger partial charge in [-0.3, -0.25) is 9.69 Å². The lowest BCUT2D eigenvalue weighted by molar-refractivity contribution is -0.144. The molecule has 1 heterocycles. The molecule has 2 fully saturated rings. The summed E-state index contributed by atoms with van der Waals surface area (Å²) >= 11 is 0. The molecular formula is C21H26F2N2O4. The van der Waals surface area contributed by atoms with E-state index in [9.17, 15) is 18.8 Å². The first-order valence-corrected chi connectivity index (χ1v) is 10.0. The van der Waals surface area contributed by atoms with E-state index < -0.39 is 12.0 Å². The number of nitriles is 1. The zero-order valence-corrected chi connectivity index (χ0v) is 16.5. The molecule has 0 aromatic heterocycles. The zero-order valence-electron chi connectivity index (χ0n) is 16.5. The highest BCUT2D eigenvalue weighted by Crippen LogP contribution is 2.41. The summed E-state index contributed by atoms with van der Waals surface area (Å²) < 4.78 is 41.0. The third-order valence-corrected chi connectivity index (χ3v) is 5.64. The minimum Gasteiger partial charge on any atom is -0.487 e. The van der Waals surface area contributed by atoms with Crippen molar-refractivity contribution in [2.24, 2.45) is 0 Å². The van der Waals surface area contributed by atoms with Gasteiger partial charge in [0.05, 0.1) is 30.7 Å². The number of ether oxygens (including phenoxy) is 3. The summed E-state index contributed by atoms with van der Waals surface area (Å²) in [5, 5.41) is 9.94. The molecule has 1 aromatic rings. The predicted octanol–water partition coefficient (Wildman–Crippen LogP) is 3.64. The third-order valence-electron chi connectivity index (χ3n) is 5.64. The van der Waals surface area contributed by atoms with Crippen molar-refractivity contribution in [2.75, 3.05) is 26.2 Å². The van der Waals surface area contributed by atoms with Crippen molar-refractivity contribution in [3.8, 4) is 17.6 Å². The van der Waals surface area contributed by atoms with Crippen LogP contribution in [0.1, 0.15) is 44.6 Å². The third kappa shape index (κ3) is 5.15. The highest BCUT2D eigenvalue weighted by atomic mass is 19.3. The molecule has 6 nitrogen and oxygen atoms in total. The van der Waals surface area contributed by atoms with Crippen LogP contribution in [0.5, 0.6) is 11.5 Å². The Hall–Kier alpha value is -2.40. The lowest BCUT2D eigenvalue weighted by Gasteiger charge is -2.37. The smallest absolute Gasteiger partial charge is 0.387 e. The van der Waals surface area contributed by atoms with Gasteiger partial charge in [-0.1, -0.05) is 6.07 Å². The van der Waals surface area contributed by atoms with Crippen LogP contribution < -0.4 is 9.47 Å². The van der Waals surface area contributed by atoms with Crippen molar-refractivity contribution in [1.82, 2.24) is 4.90 Å². The van der Waals surface area contributed by atoms with Gasteiger partial charge in [0.15, 0.2) is 11.5 Å². The molecule has 0 bridgehead atoms. The van der Waals surface area contributed by atoms with Gasteiger partial charge < -0.3 is 14.2 Å². The van der Waals surface area contributed by atoms with Gasteiger partial charge in [-0.05, 0) is 56.7 Å². The Morgan fingerprint density at radius 2 is 2.03 bits per heavy atom. The average molecular weight is 408 g/mol. The number of hydrogen-bond donors (Lipinski definition) is 0. The summed E-state index contributed by atoms with van der Waals surface area (Å²) in [7, 11) is 0. The second-order valence-corrected chi connectivity index (χ2v) is 7.49. The largest absolute Gasteiger partial charge is 0.487 e. The molecule has 2 aliphatic rings. The van der Waals surface area contributed by atoms with Gasteiger partial charge in [-0.15, -0.1) is 0 Å². The SMILES string of the molecule is CCOC(=O)CN1CCC(C#N)(c2ccc(OC(F)F)c(OC3CCC3)c2)CC1. The van der Waals surface area contributed by atoms with E-state index in [0.29, 0.717) is 32.5 Å². The topological polar surface area (TPSA) is 71.8 Å². The number of halogens is 2. The molecule has 0 spiro atoms. The number of nitrogens with zero attached hydrogens (tertiary/aromatic N) is 2. The van der Waals surface area contributed by atoms with Crippen LogP contribution in [0, 0.1) is 11.3 Å². The van der Waals surface area contributed by atoms with Crippen LogP contribution in [-0.4, -0.2) is 49.8 Å². The maximum atomic E-state index is 12.8. The van der Waals surface area contributed by atoms with Crippen LogP contribution >= 0.6 is 0 Å². The molecule has 8 heteroatoms. The average Bonchev–Trinajstić information content (AvgIpc) is 2.66. The van der Waals surface area contributed by atoms with E-state index >= 15 is 0 Å². The highest BCUT2D eigenvalue weighted by Gasteiger charge is 2.38. The number of alkyl halides is 2. The van der Waals surface area contributed by atoms with E-state index in [4.69, 9.17) is 9.47 Å². The summed E-state index contributed by atoms with van der Waals surface area (Å²) in [5.41, 5.74) is -0.0292. The standard InChI is InChI=1S/C21H26F2N2O4/c1-2-27-19(26)13-25-10-8-21(14-24,9-11-25)15-6-7-17(29-20(22)23)18(12-15)28-16-4-3-5-16/h6-7,12,16,20H,2-5,8-11,13H2,1H3. The van der Waals surface area contributed by atoms with Gasteiger partial charge in [-0.2, -0.15) is 14.0 Å². The van der Waals surface area contributed by atoms with Crippen molar-refractivity contribution in [2.45, 2.75) is 57.2 Å². The molecule has 0 radical (unpaired) electrons. The lowest BCUT2D eigenvalue weighted by atomic mass is 9.74. The molecule has 0 amide bonds. The second-order valence-electron chi connectivity index (χ2n) is 7.49. The minimum absolute atomic E-state index is 0.00488. The number of carbonyl (C=O) groups is 1. The lowest BCUT2D eigenvalue weighted by Crippen LogP contribution is -2.44. The molecule has 158 valence electrons. The Bertz CT molecular complexity index is 754. The number of hydrogen-bond acceptors (Lipinski definition) is 6. The Balaban J connectivity index is 1.76. The number of piperidine rings is 1. The quantitative estimate of drug-likeness (QED) is 0.612. The Morgan fingerprint density at radius 3 is 2.59 bits per heavy atom. The number of rotatable bonds is 8. The Labute approximate surface area is 169 Å². The molecule has 0 atom stereocenters. The predicted molar refractivity (Wildman–Crippen MR) is 101 cm³/mol. The van der Waals surface area contributed by atoms with Crippen molar-refractivity contribution in [3.05, 3.63) is 23.8 Å². The van der Waals surface area contributed by atoms with Crippen molar-refractivity contribution in [3.63, 3.8) is 0 Å². The summed E-state index contributed by atoms with van der Waals surface area (Å²) in [6, 6.07) is 7.20. The first-order chi connectivity index (χ1) is 14.0. The Morgan fingerprint density at radius 1 is 1.31 bits per heavy atom. The second kappa shape index (κ2) is 9.40. The van der Waals surface area contributed by atoms with Gasteiger partial charge in [0.2, 0.25) is 0 Å². The van der Waals surface area contributed by atoms with Gasteiger partial charge in [0.1, 0.15) is 0 Å². The number of carbonyl (C=O) groups excluding carboxylic acids is 1. The van der Waals surface area contributed by atoms with Crippen LogP contribution in [0.15, 0.2) is 18.2 Å². The van der Waals surface area contributed by atoms with Crippen molar-refractivity contribution in [1.29, 1.82) is 5.26 Å². The minimum atomic E-state index is -2.94. The fourth-order valence-corrected chi connectivity index (χ4v) is 3.71. The van der Waals surface area contributed by atoms with Gasteiger partial charge in [0, 0.05) is 13.1 Å². The van der Waals surface area contributed by atoms with E-state index in [0.717, 1.165) is 24.8 Å². The number of benzene rings is 1. The Kier molecular flexibility index (Phi) is 6.91. The molecule has 3 rings (SSSR count). The maximum absolute atomic E-state index is 12.8. The first kappa shape index (κ1) is 21.3. The number of likely N-dealkylation sites (tertiary alicyclic amines) is 1. The molecule has 0 unspecified atom stereocenters. The molecule has 0 N–H and O–H groups in total. The molecule has 1 saturated carbocycles. The summed E-state index contributed by atoms with van der Waals surface area (Å²) in [5.74, 6) is -0.0267. The van der Waals surface area contributed by atoms with Crippen molar-refractivity contribution >= 4 is 5.97 Å². The summed E-state index contributed by atoms with van der Waals surface area (Å²) in [6.07, 6.45) is 3.86. The molecule has 1 aromatic carbocycles. The van der Waals surface area contributed by atoms with E-state index in [2.05, 4.69) is 10.8 Å². The van der Waals surface area contributed by atoms with Crippen LogP contribution in [0.25, 0.3) is 0 Å². The molecule has 1 saturated heterocycles. The molecule has 1 aliphatic carbocycles. The van der Waals surface area contributed by atoms with Crippen molar-refractivity contribution < 1.29 is 27.8 Å². The first-order valence-electron chi connectivity index (χ1n) is 10.0. The van der Waals surface area contributed by atoms with E-state index in [1.54, 1.807) is 19.1 Å². The summed E-state index contributed by atoms with van der Waals surface area (Å²) in [4.78, 5) is 13.7. The van der Waals surface area contributed by atoms with Crippen LogP contribution in [0.4, 0.5) is 8.78 Å².